The summed E-state index contributed by atoms with van der Waals surface area (Å²) in [6.45, 7) is 0. The summed E-state index contributed by atoms with van der Waals surface area (Å²) in [7, 11) is 1.79. The van der Waals surface area contributed by atoms with Crippen molar-refractivity contribution in [2.45, 2.75) is 0 Å². The molecule has 0 fully saturated rings. The van der Waals surface area contributed by atoms with Crippen LogP contribution < -0.4 is 11.0 Å². The molecule has 0 bridgehead atoms. The van der Waals surface area contributed by atoms with Gasteiger partial charge in [-0.1, -0.05) is 6.07 Å². The molecular weight excluding hydrogens is 256 g/mol. The van der Waals surface area contributed by atoms with E-state index in [4.69, 9.17) is 0 Å². The molecule has 3 aromatic heterocycles. The maximum Gasteiger partial charge on any atom is 0.268 e. The normalized spacial score (nSPS) is 11.8. The summed E-state index contributed by atoms with van der Waals surface area (Å²) in [5.41, 5.74) is 1.37. The molecule has 0 saturated heterocycles. The zero-order chi connectivity index (χ0) is 14.0. The van der Waals surface area contributed by atoms with E-state index >= 15 is 0 Å². The lowest BCUT2D eigenvalue weighted by molar-refractivity contribution is 0.486. The van der Waals surface area contributed by atoms with E-state index in [1.54, 1.807) is 36.0 Å². The molecule has 5 heteroatoms. The Balaban J connectivity index is 2.52. The molecule has 0 atom stereocenters. The maximum atomic E-state index is 12.4. The second kappa shape index (κ2) is 3.39. The summed E-state index contributed by atoms with van der Waals surface area (Å²) in [5.74, 6) is -0.229. The highest BCUT2D eigenvalue weighted by Crippen LogP contribution is 2.32. The van der Waals surface area contributed by atoms with Crippen LogP contribution in [-0.2, 0) is 7.05 Å². The molecule has 1 N–H and O–H groups in total. The van der Waals surface area contributed by atoms with Crippen LogP contribution in [0.25, 0.3) is 27.3 Å². The summed E-state index contributed by atoms with van der Waals surface area (Å²) in [5, 5.41) is 10.8. The van der Waals surface area contributed by atoms with Gasteiger partial charge >= 0.3 is 0 Å². The Bertz CT molecular complexity index is 1110. The summed E-state index contributed by atoms with van der Waals surface area (Å²) >= 11 is 0. The van der Waals surface area contributed by atoms with Gasteiger partial charge in [-0.05, 0) is 24.3 Å². The highest BCUT2D eigenvalue weighted by Gasteiger charge is 2.20. The van der Waals surface area contributed by atoms with Crippen LogP contribution in [-0.4, -0.2) is 14.1 Å². The lowest BCUT2D eigenvalue weighted by Gasteiger charge is -2.09. The minimum atomic E-state index is -0.307. The highest BCUT2D eigenvalue weighted by molar-refractivity contribution is 6.07. The number of aryl methyl sites for hydroxylation is 1. The van der Waals surface area contributed by atoms with E-state index in [1.165, 1.54) is 10.5 Å². The molecule has 4 aromatic rings. The van der Waals surface area contributed by atoms with Crippen molar-refractivity contribution in [3.05, 3.63) is 57.1 Å². The number of aromatic hydroxyl groups is 1. The van der Waals surface area contributed by atoms with Gasteiger partial charge in [-0.15, -0.1) is 0 Å². The van der Waals surface area contributed by atoms with E-state index in [9.17, 15) is 14.7 Å². The fraction of sp³-hybridized carbons (Fsp3) is 0.0667. The smallest absolute Gasteiger partial charge is 0.268 e. The Hall–Kier alpha value is -2.82. The Morgan fingerprint density at radius 3 is 2.55 bits per heavy atom. The summed E-state index contributed by atoms with van der Waals surface area (Å²) in [6, 6.07) is 8.38. The fourth-order valence-electron chi connectivity index (χ4n) is 2.94. The zero-order valence-electron chi connectivity index (χ0n) is 10.6. The Morgan fingerprint density at radius 2 is 1.75 bits per heavy atom. The molecule has 0 spiro atoms. The van der Waals surface area contributed by atoms with Crippen molar-refractivity contribution in [2.24, 2.45) is 7.05 Å². The largest absolute Gasteiger partial charge is 0.506 e. The number of nitrogens with zero attached hydrogens (tertiary/aromatic N) is 2. The Morgan fingerprint density at radius 1 is 1.00 bits per heavy atom. The maximum absolute atomic E-state index is 12.4. The molecular formula is C15H10N2O3. The molecule has 0 aliphatic carbocycles. The van der Waals surface area contributed by atoms with Gasteiger partial charge in [0.05, 0.1) is 21.9 Å². The summed E-state index contributed by atoms with van der Waals surface area (Å²) in [6.07, 6.45) is 1.65. The van der Waals surface area contributed by atoms with Gasteiger partial charge in [-0.3, -0.25) is 14.0 Å². The van der Waals surface area contributed by atoms with Crippen molar-refractivity contribution < 1.29 is 5.11 Å². The number of fused-ring (bicyclic) bond motifs is 4. The number of rotatable bonds is 0. The molecule has 98 valence electrons. The molecule has 0 unspecified atom stereocenters. The quantitative estimate of drug-likeness (QED) is 0.524. The molecule has 0 saturated carbocycles. The van der Waals surface area contributed by atoms with E-state index < -0.39 is 0 Å². The minimum Gasteiger partial charge on any atom is -0.506 e. The molecule has 4 rings (SSSR count). The number of hydrogen-bond donors (Lipinski definition) is 1. The lowest BCUT2D eigenvalue weighted by Crippen LogP contribution is -2.08. The van der Waals surface area contributed by atoms with Crippen molar-refractivity contribution in [3.63, 3.8) is 0 Å². The van der Waals surface area contributed by atoms with Crippen molar-refractivity contribution in [3.8, 4) is 5.75 Å². The molecule has 0 amide bonds. The van der Waals surface area contributed by atoms with E-state index in [1.807, 2.05) is 6.07 Å². The number of aromatic nitrogens is 2. The predicted octanol–water partition coefficient (Wildman–Crippen LogP) is 1.45. The van der Waals surface area contributed by atoms with Crippen molar-refractivity contribution in [1.82, 2.24) is 8.97 Å². The zero-order valence-corrected chi connectivity index (χ0v) is 10.6. The van der Waals surface area contributed by atoms with Crippen LogP contribution in [0, 0.1) is 0 Å². The van der Waals surface area contributed by atoms with Gasteiger partial charge in [-0.2, -0.15) is 0 Å². The molecule has 0 aliphatic rings. The van der Waals surface area contributed by atoms with Gasteiger partial charge in [-0.25, -0.2) is 0 Å². The monoisotopic (exact) mass is 266 g/mol. The third-order valence-electron chi connectivity index (χ3n) is 3.84. The molecule has 3 heterocycles. The standard InChI is InChI=1S/C15H10N2O3/c1-16-8-4-2-6-10(18)11(8)14(19)12-13(16)9-5-3-7-17(9)15(12)20/h2-7,19H,1H3. The third kappa shape index (κ3) is 1.08. The second-order valence-corrected chi connectivity index (χ2v) is 4.85. The molecule has 0 aliphatic heterocycles. The van der Waals surface area contributed by atoms with E-state index in [-0.39, 0.29) is 27.5 Å². The van der Waals surface area contributed by atoms with Gasteiger partial charge in [0.25, 0.3) is 5.56 Å². The molecule has 20 heavy (non-hydrogen) atoms. The van der Waals surface area contributed by atoms with Crippen LogP contribution in [0.2, 0.25) is 0 Å². The third-order valence-corrected chi connectivity index (χ3v) is 3.84. The first-order chi connectivity index (χ1) is 9.61. The minimum absolute atomic E-state index is 0.188. The molecule has 5 nitrogen and oxygen atoms in total. The average Bonchev–Trinajstić information content (AvgIpc) is 2.99. The Labute approximate surface area is 112 Å². The highest BCUT2D eigenvalue weighted by atomic mass is 16.3. The van der Waals surface area contributed by atoms with Gasteiger partial charge in [0, 0.05) is 13.2 Å². The van der Waals surface area contributed by atoms with Crippen LogP contribution in [0.4, 0.5) is 0 Å². The summed E-state index contributed by atoms with van der Waals surface area (Å²) in [4.78, 5) is 24.3. The number of benzene rings is 1. The van der Waals surface area contributed by atoms with E-state index in [0.29, 0.717) is 11.0 Å². The Kier molecular flexibility index (Phi) is 1.87. The first-order valence-corrected chi connectivity index (χ1v) is 6.18. The van der Waals surface area contributed by atoms with Crippen LogP contribution in [0.1, 0.15) is 0 Å². The van der Waals surface area contributed by atoms with Crippen molar-refractivity contribution in [2.75, 3.05) is 0 Å². The van der Waals surface area contributed by atoms with Crippen LogP contribution in [0.3, 0.4) is 0 Å². The van der Waals surface area contributed by atoms with Crippen molar-refractivity contribution >= 4 is 27.3 Å². The fourth-order valence-corrected chi connectivity index (χ4v) is 2.94. The van der Waals surface area contributed by atoms with E-state index in [2.05, 4.69) is 0 Å². The summed E-state index contributed by atoms with van der Waals surface area (Å²) < 4.78 is 3.26. The van der Waals surface area contributed by atoms with Gasteiger partial charge in [0.2, 0.25) is 0 Å². The topological polar surface area (TPSA) is 63.7 Å². The first kappa shape index (κ1) is 11.0. The number of hydrogen-bond acceptors (Lipinski definition) is 3. The van der Waals surface area contributed by atoms with Crippen molar-refractivity contribution in [1.29, 1.82) is 0 Å². The molecule has 0 radical (unpaired) electrons. The van der Waals surface area contributed by atoms with Crippen LogP contribution in [0.5, 0.6) is 5.75 Å². The number of pyridine rings is 1. The lowest BCUT2D eigenvalue weighted by atomic mass is 10.1. The predicted molar refractivity (Wildman–Crippen MR) is 76.8 cm³/mol. The average molecular weight is 266 g/mol. The second-order valence-electron chi connectivity index (χ2n) is 4.85. The van der Waals surface area contributed by atoms with Gasteiger partial charge in [0.15, 0.2) is 5.43 Å². The van der Waals surface area contributed by atoms with Gasteiger partial charge in [0.1, 0.15) is 11.1 Å². The van der Waals surface area contributed by atoms with Crippen LogP contribution >= 0.6 is 0 Å². The molecule has 1 aromatic carbocycles. The SMILES string of the molecule is Cn1c2cccc(=O)c2c(O)c2c(=O)n3cccc3c21. The van der Waals surface area contributed by atoms with E-state index in [0.717, 1.165) is 5.52 Å². The van der Waals surface area contributed by atoms with Gasteiger partial charge < -0.3 is 9.67 Å². The van der Waals surface area contributed by atoms with Crippen LogP contribution in [0.15, 0.2) is 46.1 Å². The first-order valence-electron chi connectivity index (χ1n) is 6.18.